The minimum Gasteiger partial charge on any atom is -0.469 e. The molecule has 2 aromatic rings. The van der Waals surface area contributed by atoms with Crippen LogP contribution in [0.25, 0.3) is 0 Å². The number of pyridine rings is 1. The lowest BCUT2D eigenvalue weighted by molar-refractivity contribution is 0.174. The van der Waals surface area contributed by atoms with Gasteiger partial charge in [0.1, 0.15) is 6.10 Å². The molecule has 25 heavy (non-hydrogen) atoms. The van der Waals surface area contributed by atoms with Crippen LogP contribution in [0.2, 0.25) is 0 Å². The molecule has 4 nitrogen and oxygen atoms in total. The molecule has 0 radical (unpaired) electrons. The monoisotopic (exact) mass is 401 g/mol. The highest BCUT2D eigenvalue weighted by molar-refractivity contribution is 9.10. The van der Waals surface area contributed by atoms with E-state index in [-0.39, 0.29) is 6.10 Å². The van der Waals surface area contributed by atoms with E-state index in [9.17, 15) is 0 Å². The number of benzene rings is 1. The van der Waals surface area contributed by atoms with Gasteiger partial charge in [-0.1, -0.05) is 24.3 Å². The van der Waals surface area contributed by atoms with E-state index in [2.05, 4.69) is 57.1 Å². The van der Waals surface area contributed by atoms with Crippen LogP contribution in [0, 0.1) is 6.92 Å². The number of fused-ring (bicyclic) bond motifs is 1. The molecular weight excluding hydrogens is 378 g/mol. The number of aliphatic imine (C=N–C) groups is 1. The summed E-state index contributed by atoms with van der Waals surface area (Å²) in [6, 6.07) is 10.5. The zero-order chi connectivity index (χ0) is 17.8. The van der Waals surface area contributed by atoms with Crippen LogP contribution in [0.3, 0.4) is 0 Å². The molecular formula is C20H24BrN3O. The summed E-state index contributed by atoms with van der Waals surface area (Å²) in [5.74, 6) is 0.641. The topological polar surface area (TPSA) is 37.7 Å². The van der Waals surface area contributed by atoms with Gasteiger partial charge in [0.15, 0.2) is 0 Å². The number of ether oxygens (including phenoxy) is 1. The van der Waals surface area contributed by atoms with Crippen molar-refractivity contribution in [1.82, 2.24) is 9.88 Å². The SMILES string of the molecule is CCN(C)/C=N/c1cc(Br)c(OC2CCCc3ccccc32)nc1C. The van der Waals surface area contributed by atoms with Crippen LogP contribution in [0.1, 0.15) is 42.7 Å². The normalized spacial score (nSPS) is 16.7. The van der Waals surface area contributed by atoms with Crippen LogP contribution < -0.4 is 4.74 Å². The van der Waals surface area contributed by atoms with E-state index < -0.39 is 0 Å². The molecule has 3 rings (SSSR count). The zero-order valence-electron chi connectivity index (χ0n) is 15.0. The van der Waals surface area contributed by atoms with Gasteiger partial charge in [0.2, 0.25) is 5.88 Å². The van der Waals surface area contributed by atoms with Crippen LogP contribution in [-0.4, -0.2) is 29.8 Å². The van der Waals surface area contributed by atoms with Crippen molar-refractivity contribution < 1.29 is 4.74 Å². The number of aromatic nitrogens is 1. The number of hydrogen-bond donors (Lipinski definition) is 0. The average Bonchev–Trinajstić information content (AvgIpc) is 2.63. The van der Waals surface area contributed by atoms with Gasteiger partial charge in [-0.3, -0.25) is 0 Å². The molecule has 1 unspecified atom stereocenters. The standard InChI is InChI=1S/C20H24BrN3O/c1-4-24(3)13-22-18-12-17(21)20(23-14(18)2)25-19-11-7-9-15-8-5-6-10-16(15)19/h5-6,8,10,12-13,19H,4,7,9,11H2,1-3H3/b22-13+. The number of rotatable bonds is 5. The second-order valence-electron chi connectivity index (χ2n) is 6.40. The van der Waals surface area contributed by atoms with E-state index in [1.54, 1.807) is 0 Å². The first-order chi connectivity index (χ1) is 12.1. The van der Waals surface area contributed by atoms with Gasteiger partial charge in [-0.15, -0.1) is 0 Å². The van der Waals surface area contributed by atoms with Gasteiger partial charge < -0.3 is 9.64 Å². The first-order valence-electron chi connectivity index (χ1n) is 8.74. The number of hydrogen-bond acceptors (Lipinski definition) is 3. The summed E-state index contributed by atoms with van der Waals surface area (Å²) in [6.45, 7) is 4.97. The van der Waals surface area contributed by atoms with E-state index in [1.807, 2.05) is 31.3 Å². The molecule has 0 N–H and O–H groups in total. The molecule has 1 aliphatic carbocycles. The van der Waals surface area contributed by atoms with Crippen molar-refractivity contribution >= 4 is 28.0 Å². The predicted octanol–water partition coefficient (Wildman–Crippen LogP) is 5.22. The smallest absolute Gasteiger partial charge is 0.228 e. The van der Waals surface area contributed by atoms with Crippen molar-refractivity contribution in [1.29, 1.82) is 0 Å². The van der Waals surface area contributed by atoms with Gasteiger partial charge in [0.25, 0.3) is 0 Å². The van der Waals surface area contributed by atoms with E-state index >= 15 is 0 Å². The Morgan fingerprint density at radius 3 is 3.00 bits per heavy atom. The fraction of sp³-hybridized carbons (Fsp3) is 0.400. The zero-order valence-corrected chi connectivity index (χ0v) is 16.6. The molecule has 0 bridgehead atoms. The molecule has 0 spiro atoms. The second-order valence-corrected chi connectivity index (χ2v) is 7.25. The van der Waals surface area contributed by atoms with Gasteiger partial charge in [-0.2, -0.15) is 0 Å². The Bertz CT molecular complexity index is 776. The molecule has 5 heteroatoms. The molecule has 1 aliphatic rings. The predicted molar refractivity (Wildman–Crippen MR) is 106 cm³/mol. The highest BCUT2D eigenvalue weighted by Crippen LogP contribution is 2.37. The van der Waals surface area contributed by atoms with Gasteiger partial charge >= 0.3 is 0 Å². The van der Waals surface area contributed by atoms with Crippen LogP contribution in [-0.2, 0) is 6.42 Å². The molecule has 132 valence electrons. The van der Waals surface area contributed by atoms with Gasteiger partial charge in [-0.25, -0.2) is 9.98 Å². The summed E-state index contributed by atoms with van der Waals surface area (Å²) in [6.07, 6.45) is 5.18. The van der Waals surface area contributed by atoms with Crippen molar-refractivity contribution in [3.8, 4) is 5.88 Å². The first-order valence-corrected chi connectivity index (χ1v) is 9.53. The van der Waals surface area contributed by atoms with Crippen LogP contribution >= 0.6 is 15.9 Å². The number of halogens is 1. The summed E-state index contributed by atoms with van der Waals surface area (Å²) in [7, 11) is 2.00. The molecule has 1 aromatic carbocycles. The van der Waals surface area contributed by atoms with Crippen molar-refractivity contribution in [2.75, 3.05) is 13.6 Å². The minimum absolute atomic E-state index is 0.0636. The van der Waals surface area contributed by atoms with E-state index in [1.165, 1.54) is 11.1 Å². The Kier molecular flexibility index (Phi) is 5.74. The Labute approximate surface area is 158 Å². The lowest BCUT2D eigenvalue weighted by Gasteiger charge is -2.26. The summed E-state index contributed by atoms with van der Waals surface area (Å²) in [5.41, 5.74) is 4.38. The third-order valence-electron chi connectivity index (χ3n) is 4.57. The molecule has 1 aromatic heterocycles. The largest absolute Gasteiger partial charge is 0.469 e. The summed E-state index contributed by atoms with van der Waals surface area (Å²) >= 11 is 3.60. The van der Waals surface area contributed by atoms with Crippen molar-refractivity contribution in [2.24, 2.45) is 4.99 Å². The first kappa shape index (κ1) is 17.9. The summed E-state index contributed by atoms with van der Waals surface area (Å²) in [4.78, 5) is 11.2. The fourth-order valence-corrected chi connectivity index (χ4v) is 3.37. The van der Waals surface area contributed by atoms with E-state index in [4.69, 9.17) is 4.74 Å². The van der Waals surface area contributed by atoms with Crippen molar-refractivity contribution in [3.63, 3.8) is 0 Å². The van der Waals surface area contributed by atoms with Crippen molar-refractivity contribution in [3.05, 3.63) is 51.6 Å². The maximum Gasteiger partial charge on any atom is 0.228 e. The average molecular weight is 402 g/mol. The molecule has 0 aliphatic heterocycles. The summed E-state index contributed by atoms with van der Waals surface area (Å²) in [5, 5.41) is 0. The molecule has 1 atom stereocenters. The molecule has 0 saturated carbocycles. The molecule has 0 amide bonds. The summed E-state index contributed by atoms with van der Waals surface area (Å²) < 4.78 is 7.12. The Morgan fingerprint density at radius 2 is 2.20 bits per heavy atom. The third kappa shape index (κ3) is 4.21. The van der Waals surface area contributed by atoms with Crippen LogP contribution in [0.4, 0.5) is 5.69 Å². The maximum absolute atomic E-state index is 6.27. The van der Waals surface area contributed by atoms with E-state index in [0.29, 0.717) is 5.88 Å². The highest BCUT2D eigenvalue weighted by Gasteiger charge is 2.23. The Hall–Kier alpha value is -1.88. The quantitative estimate of drug-likeness (QED) is 0.508. The van der Waals surface area contributed by atoms with Crippen molar-refractivity contribution in [2.45, 2.75) is 39.2 Å². The van der Waals surface area contributed by atoms with Gasteiger partial charge in [0.05, 0.1) is 22.2 Å². The minimum atomic E-state index is 0.0636. The Morgan fingerprint density at radius 1 is 1.40 bits per heavy atom. The van der Waals surface area contributed by atoms with E-state index in [0.717, 1.165) is 41.7 Å². The van der Waals surface area contributed by atoms with Gasteiger partial charge in [-0.05, 0) is 66.2 Å². The lowest BCUT2D eigenvalue weighted by Crippen LogP contribution is -2.16. The number of aryl methyl sites for hydroxylation is 2. The molecule has 0 saturated heterocycles. The van der Waals surface area contributed by atoms with Crippen LogP contribution in [0.5, 0.6) is 5.88 Å². The third-order valence-corrected chi connectivity index (χ3v) is 5.14. The fourth-order valence-electron chi connectivity index (χ4n) is 2.97. The maximum atomic E-state index is 6.27. The molecule has 0 fully saturated rings. The van der Waals surface area contributed by atoms with Gasteiger partial charge in [0, 0.05) is 13.6 Å². The lowest BCUT2D eigenvalue weighted by atomic mass is 9.89. The van der Waals surface area contributed by atoms with Crippen LogP contribution in [0.15, 0.2) is 39.8 Å². The Balaban J connectivity index is 1.83. The highest BCUT2D eigenvalue weighted by atomic mass is 79.9. The molecule has 1 heterocycles. The second kappa shape index (κ2) is 8.00. The number of nitrogens with zero attached hydrogens (tertiary/aromatic N) is 3.